The Bertz CT molecular complexity index is 1020. The van der Waals surface area contributed by atoms with Gasteiger partial charge in [-0.25, -0.2) is 4.79 Å². The summed E-state index contributed by atoms with van der Waals surface area (Å²) in [7, 11) is 3.16. The number of aryl methyl sites for hydroxylation is 1. The van der Waals surface area contributed by atoms with Crippen LogP contribution in [0.25, 0.3) is 11.4 Å². The van der Waals surface area contributed by atoms with E-state index in [1.807, 2.05) is 24.3 Å². The summed E-state index contributed by atoms with van der Waals surface area (Å²) in [6, 6.07) is 13.2. The van der Waals surface area contributed by atoms with Crippen LogP contribution in [-0.2, 0) is 0 Å². The molecule has 1 aliphatic rings. The molecule has 1 saturated heterocycles. The van der Waals surface area contributed by atoms with E-state index in [4.69, 9.17) is 14.0 Å². The zero-order valence-electron chi connectivity index (χ0n) is 17.8. The van der Waals surface area contributed by atoms with Crippen molar-refractivity contribution in [3.05, 3.63) is 48.4 Å². The van der Waals surface area contributed by atoms with Gasteiger partial charge in [-0.15, -0.1) is 0 Å². The minimum absolute atomic E-state index is 0.141. The lowest BCUT2D eigenvalue weighted by Crippen LogP contribution is -2.50. The van der Waals surface area contributed by atoms with E-state index in [9.17, 15) is 4.79 Å². The lowest BCUT2D eigenvalue weighted by molar-refractivity contribution is 0.208. The molecule has 1 fully saturated rings. The minimum atomic E-state index is -0.141. The molecule has 31 heavy (non-hydrogen) atoms. The molecular formula is C22H25N5O4. The fraction of sp³-hybridized carbons (Fsp3) is 0.318. The number of carbonyl (C=O) groups is 1. The molecule has 0 atom stereocenters. The first-order valence-corrected chi connectivity index (χ1v) is 10.0. The summed E-state index contributed by atoms with van der Waals surface area (Å²) in [6.07, 6.45) is 0. The van der Waals surface area contributed by atoms with Gasteiger partial charge in [-0.05, 0) is 24.3 Å². The number of amides is 2. The number of carbonyl (C=O) groups excluding carboxylic acids is 1. The number of methoxy groups -OCH3 is 2. The van der Waals surface area contributed by atoms with E-state index in [1.165, 1.54) is 0 Å². The number of nitrogens with zero attached hydrogens (tertiary/aromatic N) is 4. The van der Waals surface area contributed by atoms with E-state index < -0.39 is 0 Å². The average Bonchev–Trinajstić information content (AvgIpc) is 3.25. The predicted octanol–water partition coefficient (Wildman–Crippen LogP) is 3.42. The van der Waals surface area contributed by atoms with Crippen LogP contribution in [0, 0.1) is 6.92 Å². The Morgan fingerprint density at radius 2 is 1.65 bits per heavy atom. The van der Waals surface area contributed by atoms with Gasteiger partial charge in [0.1, 0.15) is 11.5 Å². The van der Waals surface area contributed by atoms with Crippen molar-refractivity contribution in [3.63, 3.8) is 0 Å². The van der Waals surface area contributed by atoms with Crippen LogP contribution in [0.2, 0.25) is 0 Å². The molecule has 0 unspecified atom stereocenters. The van der Waals surface area contributed by atoms with E-state index in [0.717, 1.165) is 24.3 Å². The molecule has 9 heteroatoms. The number of hydrogen-bond acceptors (Lipinski definition) is 7. The number of ether oxygens (including phenoxy) is 2. The van der Waals surface area contributed by atoms with Gasteiger partial charge < -0.3 is 29.1 Å². The van der Waals surface area contributed by atoms with Crippen LogP contribution >= 0.6 is 0 Å². The zero-order valence-corrected chi connectivity index (χ0v) is 17.8. The van der Waals surface area contributed by atoms with Gasteiger partial charge in [-0.2, -0.15) is 4.98 Å². The number of benzene rings is 2. The van der Waals surface area contributed by atoms with Crippen LogP contribution in [0.3, 0.4) is 0 Å². The molecule has 1 aromatic heterocycles. The second kappa shape index (κ2) is 8.95. The summed E-state index contributed by atoms with van der Waals surface area (Å²) in [5.41, 5.74) is 2.64. The Balaban J connectivity index is 1.34. The second-order valence-electron chi connectivity index (χ2n) is 7.19. The number of urea groups is 1. The minimum Gasteiger partial charge on any atom is -0.497 e. The van der Waals surface area contributed by atoms with E-state index in [1.54, 1.807) is 44.2 Å². The lowest BCUT2D eigenvalue weighted by atomic mass is 10.1. The van der Waals surface area contributed by atoms with Gasteiger partial charge in [0, 0.05) is 68.2 Å². The van der Waals surface area contributed by atoms with Crippen LogP contribution in [0.15, 0.2) is 47.0 Å². The standard InChI is InChI=1S/C22H25N5O4/c1-15-23-21(25-31-15)16-4-6-18(7-5-16)26-8-10-27(11-9-26)22(28)24-17-12-19(29-2)14-20(13-17)30-3/h4-7,12-14H,8-11H2,1-3H3,(H,24,28). The van der Waals surface area contributed by atoms with Gasteiger partial charge in [0.15, 0.2) is 0 Å². The SMILES string of the molecule is COc1cc(NC(=O)N2CCN(c3ccc(-c4noc(C)n4)cc3)CC2)cc(OC)c1. The lowest BCUT2D eigenvalue weighted by Gasteiger charge is -2.36. The highest BCUT2D eigenvalue weighted by Gasteiger charge is 2.22. The van der Waals surface area contributed by atoms with Crippen molar-refractivity contribution in [1.82, 2.24) is 15.0 Å². The summed E-state index contributed by atoms with van der Waals surface area (Å²) in [6.45, 7) is 4.51. The maximum atomic E-state index is 12.7. The summed E-state index contributed by atoms with van der Waals surface area (Å²) < 4.78 is 15.6. The molecule has 0 bridgehead atoms. The first-order valence-electron chi connectivity index (χ1n) is 10.0. The first kappa shape index (κ1) is 20.5. The van der Waals surface area contributed by atoms with Gasteiger partial charge >= 0.3 is 6.03 Å². The zero-order chi connectivity index (χ0) is 21.8. The van der Waals surface area contributed by atoms with Crippen LogP contribution < -0.4 is 19.7 Å². The Labute approximate surface area is 180 Å². The Kier molecular flexibility index (Phi) is 5.92. The average molecular weight is 423 g/mol. The number of aromatic nitrogens is 2. The highest BCUT2D eigenvalue weighted by atomic mass is 16.5. The smallest absolute Gasteiger partial charge is 0.321 e. The number of rotatable bonds is 5. The molecule has 2 aromatic carbocycles. The van der Waals surface area contributed by atoms with Crippen molar-refractivity contribution in [2.24, 2.45) is 0 Å². The number of piperazine rings is 1. The van der Waals surface area contributed by atoms with Crippen LogP contribution in [-0.4, -0.2) is 61.5 Å². The Morgan fingerprint density at radius 3 is 2.19 bits per heavy atom. The number of anilines is 2. The molecule has 0 radical (unpaired) electrons. The molecule has 162 valence electrons. The topological polar surface area (TPSA) is 93.0 Å². The van der Waals surface area contributed by atoms with E-state index in [0.29, 0.717) is 42.0 Å². The van der Waals surface area contributed by atoms with Gasteiger partial charge in [0.25, 0.3) is 0 Å². The molecule has 1 aliphatic heterocycles. The van der Waals surface area contributed by atoms with E-state index >= 15 is 0 Å². The third kappa shape index (κ3) is 4.71. The molecule has 0 aliphatic carbocycles. The van der Waals surface area contributed by atoms with Gasteiger partial charge in [0.2, 0.25) is 11.7 Å². The number of nitrogens with one attached hydrogen (secondary N) is 1. The molecule has 4 rings (SSSR count). The summed E-state index contributed by atoms with van der Waals surface area (Å²) in [5, 5.41) is 6.88. The second-order valence-corrected chi connectivity index (χ2v) is 7.19. The summed E-state index contributed by atoms with van der Waals surface area (Å²) in [5.74, 6) is 2.37. The maximum Gasteiger partial charge on any atom is 0.321 e. The van der Waals surface area contributed by atoms with Crippen molar-refractivity contribution >= 4 is 17.4 Å². The Morgan fingerprint density at radius 1 is 1.00 bits per heavy atom. The normalized spacial score (nSPS) is 13.8. The molecule has 2 heterocycles. The van der Waals surface area contributed by atoms with E-state index in [-0.39, 0.29) is 6.03 Å². The fourth-order valence-electron chi connectivity index (χ4n) is 3.49. The predicted molar refractivity (Wildman–Crippen MR) is 117 cm³/mol. The molecule has 3 aromatic rings. The quantitative estimate of drug-likeness (QED) is 0.672. The highest BCUT2D eigenvalue weighted by Crippen LogP contribution is 2.26. The Hall–Kier alpha value is -3.75. The molecule has 2 amide bonds. The van der Waals surface area contributed by atoms with Crippen LogP contribution in [0.4, 0.5) is 16.2 Å². The van der Waals surface area contributed by atoms with Crippen molar-refractivity contribution in [2.75, 3.05) is 50.6 Å². The molecule has 0 saturated carbocycles. The molecular weight excluding hydrogens is 398 g/mol. The first-order chi connectivity index (χ1) is 15.1. The van der Waals surface area contributed by atoms with Gasteiger partial charge in [-0.3, -0.25) is 0 Å². The van der Waals surface area contributed by atoms with Crippen LogP contribution in [0.1, 0.15) is 5.89 Å². The van der Waals surface area contributed by atoms with Crippen molar-refractivity contribution < 1.29 is 18.8 Å². The third-order valence-corrected chi connectivity index (χ3v) is 5.19. The van der Waals surface area contributed by atoms with Crippen molar-refractivity contribution in [3.8, 4) is 22.9 Å². The van der Waals surface area contributed by atoms with Crippen molar-refractivity contribution in [2.45, 2.75) is 6.92 Å². The largest absolute Gasteiger partial charge is 0.497 e. The monoisotopic (exact) mass is 423 g/mol. The van der Waals surface area contributed by atoms with Crippen molar-refractivity contribution in [1.29, 1.82) is 0 Å². The van der Waals surface area contributed by atoms with Crippen LogP contribution in [0.5, 0.6) is 11.5 Å². The molecule has 9 nitrogen and oxygen atoms in total. The molecule has 1 N–H and O–H groups in total. The van der Waals surface area contributed by atoms with Gasteiger partial charge in [-0.1, -0.05) is 5.16 Å². The summed E-state index contributed by atoms with van der Waals surface area (Å²) in [4.78, 5) is 21.0. The highest BCUT2D eigenvalue weighted by molar-refractivity contribution is 5.90. The number of hydrogen-bond donors (Lipinski definition) is 1. The molecule has 0 spiro atoms. The maximum absolute atomic E-state index is 12.7. The summed E-state index contributed by atoms with van der Waals surface area (Å²) >= 11 is 0. The van der Waals surface area contributed by atoms with Gasteiger partial charge in [0.05, 0.1) is 14.2 Å². The van der Waals surface area contributed by atoms with E-state index in [2.05, 4.69) is 20.4 Å². The fourth-order valence-corrected chi connectivity index (χ4v) is 3.49. The third-order valence-electron chi connectivity index (χ3n) is 5.19.